The maximum atomic E-state index is 11.2. The van der Waals surface area contributed by atoms with Gasteiger partial charge in [0.25, 0.3) is 0 Å². The number of amides is 3. The highest BCUT2D eigenvalue weighted by atomic mass is 35.5. The van der Waals surface area contributed by atoms with E-state index in [1.807, 2.05) is 6.92 Å². The summed E-state index contributed by atoms with van der Waals surface area (Å²) in [5, 5.41) is 4.80. The molecule has 0 heterocycles. The van der Waals surface area contributed by atoms with E-state index in [9.17, 15) is 9.59 Å². The Bertz CT molecular complexity index is 210. The predicted molar refractivity (Wildman–Crippen MR) is 61.0 cm³/mol. The number of unbranched alkanes of at least 4 members (excludes halogenated alkanes) is 2. The van der Waals surface area contributed by atoms with Crippen molar-refractivity contribution in [2.24, 2.45) is 0 Å². The Balaban J connectivity index is 3.62. The third-order valence-corrected chi connectivity index (χ3v) is 2.24. The van der Waals surface area contributed by atoms with Crippen LogP contribution >= 0.6 is 11.6 Å². The third kappa shape index (κ3) is 8.24. The number of alkyl halides is 1. The lowest BCUT2D eigenvalue weighted by Gasteiger charge is -2.13. The monoisotopic (exact) mass is 234 g/mol. The second kappa shape index (κ2) is 8.53. The number of nitrogens with one attached hydrogen (secondary N) is 2. The van der Waals surface area contributed by atoms with E-state index >= 15 is 0 Å². The average molecular weight is 235 g/mol. The molecule has 15 heavy (non-hydrogen) atoms. The number of imide groups is 1. The first-order valence-electron chi connectivity index (χ1n) is 5.26. The zero-order valence-corrected chi connectivity index (χ0v) is 10.1. The Labute approximate surface area is 95.7 Å². The Morgan fingerprint density at radius 3 is 2.53 bits per heavy atom. The average Bonchev–Trinajstić information content (AvgIpc) is 2.17. The van der Waals surface area contributed by atoms with Gasteiger partial charge in [-0.05, 0) is 13.3 Å². The summed E-state index contributed by atoms with van der Waals surface area (Å²) in [4.78, 5) is 21.9. The van der Waals surface area contributed by atoms with Crippen molar-refractivity contribution in [1.29, 1.82) is 0 Å². The number of carbonyl (C=O) groups excluding carboxylic acids is 2. The molecule has 0 spiro atoms. The van der Waals surface area contributed by atoms with Crippen LogP contribution in [-0.2, 0) is 4.79 Å². The van der Waals surface area contributed by atoms with E-state index in [4.69, 9.17) is 11.6 Å². The first kappa shape index (κ1) is 14.2. The molecule has 88 valence electrons. The lowest BCUT2D eigenvalue weighted by Crippen LogP contribution is -2.43. The maximum absolute atomic E-state index is 11.2. The van der Waals surface area contributed by atoms with Crippen LogP contribution in [0.4, 0.5) is 4.79 Å². The zero-order chi connectivity index (χ0) is 11.7. The Morgan fingerprint density at radius 2 is 2.00 bits per heavy atom. The van der Waals surface area contributed by atoms with Crippen molar-refractivity contribution < 1.29 is 9.59 Å². The van der Waals surface area contributed by atoms with Crippen molar-refractivity contribution in [3.63, 3.8) is 0 Å². The van der Waals surface area contributed by atoms with Gasteiger partial charge in [0.1, 0.15) is 5.88 Å². The van der Waals surface area contributed by atoms with Crippen LogP contribution in [0.15, 0.2) is 0 Å². The predicted octanol–water partition coefficient (Wildman–Crippen LogP) is 2.02. The normalized spacial score (nSPS) is 11.9. The van der Waals surface area contributed by atoms with Gasteiger partial charge >= 0.3 is 6.03 Å². The highest BCUT2D eigenvalue weighted by Gasteiger charge is 2.09. The largest absolute Gasteiger partial charge is 0.335 e. The molecule has 0 rings (SSSR count). The number of hydrogen-bond acceptors (Lipinski definition) is 2. The molecule has 5 heteroatoms. The van der Waals surface area contributed by atoms with Crippen molar-refractivity contribution >= 4 is 23.5 Å². The number of urea groups is 1. The zero-order valence-electron chi connectivity index (χ0n) is 9.31. The van der Waals surface area contributed by atoms with Gasteiger partial charge < -0.3 is 5.32 Å². The van der Waals surface area contributed by atoms with Crippen molar-refractivity contribution in [2.75, 3.05) is 5.88 Å². The second-order valence-corrected chi connectivity index (χ2v) is 3.82. The highest BCUT2D eigenvalue weighted by Crippen LogP contribution is 2.02. The smallest absolute Gasteiger partial charge is 0.321 e. The summed E-state index contributed by atoms with van der Waals surface area (Å²) < 4.78 is 0. The van der Waals surface area contributed by atoms with Gasteiger partial charge in [0.15, 0.2) is 0 Å². The molecule has 1 atom stereocenters. The van der Waals surface area contributed by atoms with Gasteiger partial charge in [-0.3, -0.25) is 10.1 Å². The lowest BCUT2D eigenvalue weighted by atomic mass is 10.1. The van der Waals surface area contributed by atoms with Gasteiger partial charge in [0, 0.05) is 6.04 Å². The lowest BCUT2D eigenvalue weighted by molar-refractivity contribution is -0.117. The first-order valence-corrected chi connectivity index (χ1v) is 5.79. The summed E-state index contributed by atoms with van der Waals surface area (Å²) in [6.45, 7) is 4.05. The first-order chi connectivity index (χ1) is 7.10. The fourth-order valence-electron chi connectivity index (χ4n) is 1.19. The van der Waals surface area contributed by atoms with Crippen LogP contribution in [0.25, 0.3) is 0 Å². The fraction of sp³-hybridized carbons (Fsp3) is 0.800. The van der Waals surface area contributed by atoms with E-state index in [-0.39, 0.29) is 11.9 Å². The number of halogens is 1. The van der Waals surface area contributed by atoms with Crippen LogP contribution in [-0.4, -0.2) is 23.9 Å². The van der Waals surface area contributed by atoms with E-state index in [0.717, 1.165) is 25.7 Å². The van der Waals surface area contributed by atoms with Crippen LogP contribution in [0.2, 0.25) is 0 Å². The van der Waals surface area contributed by atoms with Crippen LogP contribution < -0.4 is 10.6 Å². The number of carbonyl (C=O) groups is 2. The molecule has 0 aromatic rings. The Kier molecular flexibility index (Phi) is 8.09. The minimum Gasteiger partial charge on any atom is -0.335 e. The summed E-state index contributed by atoms with van der Waals surface area (Å²) in [6, 6.07) is -0.385. The van der Waals surface area contributed by atoms with Gasteiger partial charge in [-0.15, -0.1) is 11.6 Å². The van der Waals surface area contributed by atoms with Crippen LogP contribution in [0.1, 0.15) is 39.5 Å². The minimum absolute atomic E-state index is 0.0830. The van der Waals surface area contributed by atoms with E-state index in [1.54, 1.807) is 0 Å². The number of rotatable bonds is 6. The molecule has 0 fully saturated rings. The van der Waals surface area contributed by atoms with Crippen molar-refractivity contribution in [2.45, 2.75) is 45.6 Å². The topological polar surface area (TPSA) is 58.2 Å². The molecule has 0 bridgehead atoms. The molecule has 4 nitrogen and oxygen atoms in total. The molecule has 0 aliphatic heterocycles. The minimum atomic E-state index is -0.477. The van der Waals surface area contributed by atoms with E-state index in [1.165, 1.54) is 0 Å². The van der Waals surface area contributed by atoms with Gasteiger partial charge in [-0.1, -0.05) is 26.2 Å². The van der Waals surface area contributed by atoms with Crippen LogP contribution in [0.3, 0.4) is 0 Å². The van der Waals surface area contributed by atoms with Crippen LogP contribution in [0, 0.1) is 0 Å². The molecule has 0 radical (unpaired) electrons. The summed E-state index contributed by atoms with van der Waals surface area (Å²) >= 11 is 5.24. The molecule has 1 unspecified atom stereocenters. The Hall–Kier alpha value is -0.770. The van der Waals surface area contributed by atoms with Crippen molar-refractivity contribution in [3.05, 3.63) is 0 Å². The second-order valence-electron chi connectivity index (χ2n) is 3.55. The molecule has 3 amide bonds. The fourth-order valence-corrected chi connectivity index (χ4v) is 1.26. The van der Waals surface area contributed by atoms with Gasteiger partial charge in [-0.2, -0.15) is 0 Å². The van der Waals surface area contributed by atoms with Gasteiger partial charge in [0.05, 0.1) is 0 Å². The van der Waals surface area contributed by atoms with E-state index in [2.05, 4.69) is 17.6 Å². The molecule has 0 aliphatic carbocycles. The molecule has 0 aliphatic rings. The summed E-state index contributed by atoms with van der Waals surface area (Å²) in [5.41, 5.74) is 0. The van der Waals surface area contributed by atoms with Crippen molar-refractivity contribution in [1.82, 2.24) is 10.6 Å². The van der Waals surface area contributed by atoms with E-state index in [0.29, 0.717) is 0 Å². The molecule has 2 N–H and O–H groups in total. The molecule has 0 aromatic carbocycles. The summed E-state index contributed by atoms with van der Waals surface area (Å²) in [5.74, 6) is -0.674. The van der Waals surface area contributed by atoms with Gasteiger partial charge in [-0.25, -0.2) is 4.79 Å². The summed E-state index contributed by atoms with van der Waals surface area (Å²) in [7, 11) is 0. The third-order valence-electron chi connectivity index (χ3n) is 1.99. The molecule has 0 saturated heterocycles. The SMILES string of the molecule is CCCCCC(C)NC(=O)NC(=O)CCl. The van der Waals surface area contributed by atoms with Gasteiger partial charge in [0.2, 0.25) is 5.91 Å². The molecule has 0 saturated carbocycles. The molecular weight excluding hydrogens is 216 g/mol. The maximum Gasteiger partial charge on any atom is 0.321 e. The molecule has 0 aromatic heterocycles. The standard InChI is InChI=1S/C10H19ClN2O2/c1-3-4-5-6-8(2)12-10(15)13-9(14)7-11/h8H,3-7H2,1-2H3,(H2,12,13,14,15). The number of hydrogen-bond donors (Lipinski definition) is 2. The molecular formula is C10H19ClN2O2. The van der Waals surface area contributed by atoms with Crippen LogP contribution in [0.5, 0.6) is 0 Å². The summed E-state index contributed by atoms with van der Waals surface area (Å²) in [6.07, 6.45) is 4.33. The van der Waals surface area contributed by atoms with E-state index < -0.39 is 11.9 Å². The quantitative estimate of drug-likeness (QED) is 0.546. The Morgan fingerprint density at radius 1 is 1.33 bits per heavy atom. The highest BCUT2D eigenvalue weighted by molar-refractivity contribution is 6.28. The van der Waals surface area contributed by atoms with Crippen molar-refractivity contribution in [3.8, 4) is 0 Å².